The standard InChI is InChI=1S/C12H15NO2/c1-10(11-6-4-3-5-7-11)13-12(8-14)9-15-2/h3-8,10H,9H2,1-2H3. The molecule has 0 saturated heterocycles. The predicted octanol–water partition coefficient (Wildman–Crippen LogP) is 2.03. The number of hydrogen-bond donors (Lipinski definition) is 0. The summed E-state index contributed by atoms with van der Waals surface area (Å²) < 4.78 is 4.87. The third kappa shape index (κ3) is 3.64. The maximum atomic E-state index is 10.7. The molecule has 0 fully saturated rings. The molecule has 1 aromatic rings. The molecule has 1 unspecified atom stereocenters. The summed E-state index contributed by atoms with van der Waals surface area (Å²) in [6.07, 6.45) is 0.739. The van der Waals surface area contributed by atoms with E-state index in [1.165, 1.54) is 0 Å². The Hall–Kier alpha value is -1.48. The van der Waals surface area contributed by atoms with Crippen LogP contribution in [-0.4, -0.2) is 25.7 Å². The average molecular weight is 205 g/mol. The lowest BCUT2D eigenvalue weighted by molar-refractivity contribution is -0.103. The molecule has 1 atom stereocenters. The Balaban J connectivity index is 2.76. The number of benzene rings is 1. The third-order valence-corrected chi connectivity index (χ3v) is 2.07. The van der Waals surface area contributed by atoms with Gasteiger partial charge in [0.25, 0.3) is 0 Å². The molecule has 3 heteroatoms. The molecule has 1 aromatic carbocycles. The summed E-state index contributed by atoms with van der Waals surface area (Å²) in [5.41, 5.74) is 1.53. The smallest absolute Gasteiger partial charge is 0.166 e. The van der Waals surface area contributed by atoms with E-state index in [4.69, 9.17) is 4.74 Å². The Kier molecular flexibility index (Phi) is 4.71. The molecule has 0 aliphatic rings. The van der Waals surface area contributed by atoms with Crippen molar-refractivity contribution in [2.75, 3.05) is 13.7 Å². The highest BCUT2D eigenvalue weighted by Gasteiger charge is 2.04. The number of rotatable bonds is 5. The number of ether oxygens (including phenoxy) is 1. The van der Waals surface area contributed by atoms with E-state index in [2.05, 4.69) is 4.99 Å². The van der Waals surface area contributed by atoms with E-state index in [1.807, 2.05) is 37.3 Å². The quantitative estimate of drug-likeness (QED) is 0.545. The molecule has 15 heavy (non-hydrogen) atoms. The fraction of sp³-hybridized carbons (Fsp3) is 0.333. The van der Waals surface area contributed by atoms with Gasteiger partial charge in [-0.05, 0) is 12.5 Å². The molecule has 0 saturated carbocycles. The van der Waals surface area contributed by atoms with Crippen LogP contribution in [-0.2, 0) is 9.53 Å². The average Bonchev–Trinajstić information content (AvgIpc) is 2.29. The lowest BCUT2D eigenvalue weighted by Crippen LogP contribution is -2.10. The minimum atomic E-state index is -0.0125. The Morgan fingerprint density at radius 2 is 2.13 bits per heavy atom. The van der Waals surface area contributed by atoms with E-state index in [0.29, 0.717) is 5.71 Å². The van der Waals surface area contributed by atoms with E-state index in [9.17, 15) is 4.79 Å². The van der Waals surface area contributed by atoms with E-state index < -0.39 is 0 Å². The van der Waals surface area contributed by atoms with Crippen LogP contribution in [0.25, 0.3) is 0 Å². The van der Waals surface area contributed by atoms with Gasteiger partial charge in [0.1, 0.15) is 5.71 Å². The van der Waals surface area contributed by atoms with Gasteiger partial charge in [0.15, 0.2) is 6.29 Å². The summed E-state index contributed by atoms with van der Waals surface area (Å²) in [4.78, 5) is 14.9. The summed E-state index contributed by atoms with van der Waals surface area (Å²) in [5.74, 6) is 0. The number of hydrogen-bond acceptors (Lipinski definition) is 3. The van der Waals surface area contributed by atoms with Crippen LogP contribution in [0, 0.1) is 0 Å². The Labute approximate surface area is 89.8 Å². The zero-order chi connectivity index (χ0) is 11.1. The van der Waals surface area contributed by atoms with Gasteiger partial charge in [0.2, 0.25) is 0 Å². The van der Waals surface area contributed by atoms with Crippen molar-refractivity contribution in [3.63, 3.8) is 0 Å². The van der Waals surface area contributed by atoms with Gasteiger partial charge in [-0.25, -0.2) is 0 Å². The predicted molar refractivity (Wildman–Crippen MR) is 60.2 cm³/mol. The molecule has 0 amide bonds. The van der Waals surface area contributed by atoms with Gasteiger partial charge in [-0.15, -0.1) is 0 Å². The zero-order valence-corrected chi connectivity index (χ0v) is 9.01. The summed E-state index contributed by atoms with van der Waals surface area (Å²) >= 11 is 0. The van der Waals surface area contributed by atoms with Gasteiger partial charge >= 0.3 is 0 Å². The molecule has 0 N–H and O–H groups in total. The second-order valence-electron chi connectivity index (χ2n) is 3.26. The van der Waals surface area contributed by atoms with Gasteiger partial charge in [0, 0.05) is 7.11 Å². The van der Waals surface area contributed by atoms with E-state index in [1.54, 1.807) is 7.11 Å². The topological polar surface area (TPSA) is 38.7 Å². The van der Waals surface area contributed by atoms with Gasteiger partial charge in [-0.3, -0.25) is 9.79 Å². The molecule has 1 rings (SSSR count). The highest BCUT2D eigenvalue weighted by Crippen LogP contribution is 2.15. The van der Waals surface area contributed by atoms with E-state index >= 15 is 0 Å². The fourth-order valence-corrected chi connectivity index (χ4v) is 1.30. The maximum Gasteiger partial charge on any atom is 0.166 e. The van der Waals surface area contributed by atoms with Crippen molar-refractivity contribution in [3.05, 3.63) is 35.9 Å². The van der Waals surface area contributed by atoms with Crippen molar-refractivity contribution in [2.24, 2.45) is 4.99 Å². The lowest BCUT2D eigenvalue weighted by atomic mass is 10.1. The Bertz CT molecular complexity index is 333. The van der Waals surface area contributed by atoms with Crippen LogP contribution >= 0.6 is 0 Å². The molecule has 0 aromatic heterocycles. The fourth-order valence-electron chi connectivity index (χ4n) is 1.30. The van der Waals surface area contributed by atoms with Crippen LogP contribution in [0.4, 0.5) is 0 Å². The second kappa shape index (κ2) is 6.09. The number of carbonyl (C=O) groups excluding carboxylic acids is 1. The van der Waals surface area contributed by atoms with Crippen molar-refractivity contribution in [1.82, 2.24) is 0 Å². The largest absolute Gasteiger partial charge is 0.378 e. The first-order valence-electron chi connectivity index (χ1n) is 4.83. The molecular weight excluding hydrogens is 190 g/mol. The van der Waals surface area contributed by atoms with E-state index in [0.717, 1.165) is 11.8 Å². The van der Waals surface area contributed by atoms with Crippen molar-refractivity contribution in [2.45, 2.75) is 13.0 Å². The molecule has 80 valence electrons. The van der Waals surface area contributed by atoms with Gasteiger partial charge in [-0.2, -0.15) is 0 Å². The summed E-state index contributed by atoms with van der Waals surface area (Å²) in [5, 5.41) is 0. The van der Waals surface area contributed by atoms with Gasteiger partial charge in [-0.1, -0.05) is 30.3 Å². The van der Waals surface area contributed by atoms with Crippen LogP contribution in [0.1, 0.15) is 18.5 Å². The lowest BCUT2D eigenvalue weighted by Gasteiger charge is -2.07. The van der Waals surface area contributed by atoms with E-state index in [-0.39, 0.29) is 12.6 Å². The zero-order valence-electron chi connectivity index (χ0n) is 9.01. The molecule has 0 radical (unpaired) electrons. The first-order valence-corrected chi connectivity index (χ1v) is 4.83. The van der Waals surface area contributed by atoms with Crippen LogP contribution in [0.15, 0.2) is 35.3 Å². The van der Waals surface area contributed by atoms with Crippen molar-refractivity contribution in [3.8, 4) is 0 Å². The minimum Gasteiger partial charge on any atom is -0.378 e. The highest BCUT2D eigenvalue weighted by molar-refractivity contribution is 6.29. The molecule has 0 bridgehead atoms. The normalized spacial score (nSPS) is 13.6. The molecule has 3 nitrogen and oxygen atoms in total. The number of methoxy groups -OCH3 is 1. The molecule has 0 heterocycles. The monoisotopic (exact) mass is 205 g/mol. The number of aldehydes is 1. The first kappa shape index (κ1) is 11.6. The second-order valence-corrected chi connectivity index (χ2v) is 3.26. The van der Waals surface area contributed by atoms with Crippen LogP contribution < -0.4 is 0 Å². The highest BCUT2D eigenvalue weighted by atomic mass is 16.5. The van der Waals surface area contributed by atoms with Crippen LogP contribution in [0.2, 0.25) is 0 Å². The summed E-state index contributed by atoms with van der Waals surface area (Å²) in [7, 11) is 1.55. The molecule has 0 spiro atoms. The van der Waals surface area contributed by atoms with Gasteiger partial charge < -0.3 is 4.74 Å². The molecular formula is C12H15NO2. The van der Waals surface area contributed by atoms with Crippen molar-refractivity contribution >= 4 is 12.0 Å². The van der Waals surface area contributed by atoms with Gasteiger partial charge in [0.05, 0.1) is 12.6 Å². The number of aliphatic imine (C=N–C) groups is 1. The van der Waals surface area contributed by atoms with Crippen molar-refractivity contribution in [1.29, 1.82) is 0 Å². The number of nitrogens with zero attached hydrogens (tertiary/aromatic N) is 1. The minimum absolute atomic E-state index is 0.0125. The summed E-state index contributed by atoms with van der Waals surface area (Å²) in [6.45, 7) is 2.22. The van der Waals surface area contributed by atoms with Crippen molar-refractivity contribution < 1.29 is 9.53 Å². The van der Waals surface area contributed by atoms with Crippen LogP contribution in [0.3, 0.4) is 0 Å². The Morgan fingerprint density at radius 3 is 2.67 bits per heavy atom. The third-order valence-electron chi connectivity index (χ3n) is 2.07. The molecule has 0 aliphatic carbocycles. The first-order chi connectivity index (χ1) is 7.27. The molecule has 0 aliphatic heterocycles. The summed E-state index contributed by atoms with van der Waals surface area (Å²) in [6, 6.07) is 9.83. The Morgan fingerprint density at radius 1 is 1.47 bits per heavy atom. The SMILES string of the molecule is COCC(C=O)=NC(C)c1ccccc1. The van der Waals surface area contributed by atoms with Crippen LogP contribution in [0.5, 0.6) is 0 Å². The maximum absolute atomic E-state index is 10.7. The number of carbonyl (C=O) groups is 1.